The van der Waals surface area contributed by atoms with Gasteiger partial charge in [0.05, 0.1) is 11.9 Å². The summed E-state index contributed by atoms with van der Waals surface area (Å²) in [6.07, 6.45) is 5.85. The van der Waals surface area contributed by atoms with Gasteiger partial charge in [0, 0.05) is 18.5 Å². The zero-order chi connectivity index (χ0) is 15.4. The monoisotopic (exact) mass is 291 g/mol. The second-order valence-corrected chi connectivity index (χ2v) is 5.87. The summed E-state index contributed by atoms with van der Waals surface area (Å²) in [6, 6.07) is 0.368. The molecular weight excluding hydrogens is 266 g/mol. The number of unbranched alkanes of at least 4 members (excludes halogenated alkanes) is 1. The number of carbonyl (C=O) groups excluding carboxylic acids is 1. The fraction of sp³-hybridized carbons (Fsp3) is 0.667. The molecule has 1 fully saturated rings. The molecule has 1 heterocycles. The maximum absolute atomic E-state index is 12.8. The van der Waals surface area contributed by atoms with Gasteiger partial charge in [-0.15, -0.1) is 0 Å². The molecule has 6 heteroatoms. The van der Waals surface area contributed by atoms with Crippen molar-refractivity contribution in [2.24, 2.45) is 5.84 Å². The zero-order valence-corrected chi connectivity index (χ0v) is 13.1. The van der Waals surface area contributed by atoms with Crippen molar-refractivity contribution in [3.63, 3.8) is 0 Å². The Balaban J connectivity index is 2.28. The average Bonchev–Trinajstić information content (AvgIpc) is 3.31. The minimum atomic E-state index is -0.0387. The molecule has 0 aliphatic heterocycles. The molecule has 3 N–H and O–H groups in total. The van der Waals surface area contributed by atoms with Crippen LogP contribution in [0.5, 0.6) is 0 Å². The summed E-state index contributed by atoms with van der Waals surface area (Å²) in [5.41, 5.74) is 3.42. The topological polar surface area (TPSA) is 84.1 Å². The second-order valence-electron chi connectivity index (χ2n) is 5.87. The van der Waals surface area contributed by atoms with Crippen LogP contribution in [-0.4, -0.2) is 33.4 Å². The minimum absolute atomic E-state index is 0.0387. The summed E-state index contributed by atoms with van der Waals surface area (Å²) < 4.78 is 0. The predicted molar refractivity (Wildman–Crippen MR) is 82.9 cm³/mol. The van der Waals surface area contributed by atoms with E-state index >= 15 is 0 Å². The van der Waals surface area contributed by atoms with Crippen LogP contribution in [0.25, 0.3) is 0 Å². The Kier molecular flexibility index (Phi) is 5.12. The van der Waals surface area contributed by atoms with E-state index in [4.69, 9.17) is 5.84 Å². The van der Waals surface area contributed by atoms with Gasteiger partial charge in [-0.25, -0.2) is 9.97 Å². The van der Waals surface area contributed by atoms with Gasteiger partial charge in [0.25, 0.3) is 5.91 Å². The number of nitrogen functional groups attached to an aromatic ring is 1. The molecule has 6 nitrogen and oxygen atoms in total. The van der Waals surface area contributed by atoms with Gasteiger partial charge in [0.2, 0.25) is 0 Å². The number of hydrogen-bond donors (Lipinski definition) is 2. The van der Waals surface area contributed by atoms with Gasteiger partial charge in [0.15, 0.2) is 5.69 Å². The third-order valence-electron chi connectivity index (χ3n) is 3.68. The Labute approximate surface area is 126 Å². The lowest BCUT2D eigenvalue weighted by Crippen LogP contribution is -2.35. The van der Waals surface area contributed by atoms with Crippen LogP contribution in [0.3, 0.4) is 0 Å². The number of anilines is 1. The van der Waals surface area contributed by atoms with Crippen LogP contribution in [0.4, 0.5) is 5.69 Å². The van der Waals surface area contributed by atoms with Crippen molar-refractivity contribution in [1.29, 1.82) is 0 Å². The molecule has 1 saturated carbocycles. The van der Waals surface area contributed by atoms with Crippen LogP contribution in [0.1, 0.15) is 68.7 Å². The highest BCUT2D eigenvalue weighted by Gasteiger charge is 2.34. The largest absolute Gasteiger partial charge is 0.334 e. The van der Waals surface area contributed by atoms with Crippen molar-refractivity contribution in [1.82, 2.24) is 14.9 Å². The highest BCUT2D eigenvalue weighted by molar-refractivity contribution is 5.97. The van der Waals surface area contributed by atoms with Gasteiger partial charge >= 0.3 is 0 Å². The second kappa shape index (κ2) is 6.85. The van der Waals surface area contributed by atoms with E-state index < -0.39 is 0 Å². The van der Waals surface area contributed by atoms with E-state index in [0.29, 0.717) is 23.2 Å². The SMILES string of the molecule is CCCCN(C(=O)c1nc(C(C)C)ncc1NN)C1CC1. The van der Waals surface area contributed by atoms with Crippen LogP contribution >= 0.6 is 0 Å². The van der Waals surface area contributed by atoms with Crippen molar-refractivity contribution in [2.45, 2.75) is 58.4 Å². The molecule has 0 spiro atoms. The number of hydrazine groups is 1. The summed E-state index contributed by atoms with van der Waals surface area (Å²) in [5.74, 6) is 6.31. The summed E-state index contributed by atoms with van der Waals surface area (Å²) in [6.45, 7) is 6.93. The van der Waals surface area contributed by atoms with E-state index in [1.165, 1.54) is 0 Å². The number of carbonyl (C=O) groups is 1. The highest BCUT2D eigenvalue weighted by atomic mass is 16.2. The average molecular weight is 291 g/mol. The van der Waals surface area contributed by atoms with E-state index in [1.807, 2.05) is 18.7 Å². The van der Waals surface area contributed by atoms with Gasteiger partial charge in [0.1, 0.15) is 5.82 Å². The molecule has 0 atom stereocenters. The fourth-order valence-electron chi connectivity index (χ4n) is 2.24. The Morgan fingerprint density at radius 2 is 2.24 bits per heavy atom. The highest BCUT2D eigenvalue weighted by Crippen LogP contribution is 2.29. The number of nitrogens with two attached hydrogens (primary N) is 1. The van der Waals surface area contributed by atoms with Crippen molar-refractivity contribution in [3.8, 4) is 0 Å². The normalized spacial score (nSPS) is 14.3. The lowest BCUT2D eigenvalue weighted by atomic mass is 10.2. The van der Waals surface area contributed by atoms with Gasteiger partial charge in [-0.05, 0) is 19.3 Å². The van der Waals surface area contributed by atoms with Crippen molar-refractivity contribution in [3.05, 3.63) is 17.7 Å². The lowest BCUT2D eigenvalue weighted by Gasteiger charge is -2.23. The van der Waals surface area contributed by atoms with Crippen molar-refractivity contribution in [2.75, 3.05) is 12.0 Å². The quantitative estimate of drug-likeness (QED) is 0.595. The molecule has 21 heavy (non-hydrogen) atoms. The van der Waals surface area contributed by atoms with E-state index in [0.717, 1.165) is 32.2 Å². The van der Waals surface area contributed by atoms with E-state index in [-0.39, 0.29) is 11.8 Å². The molecule has 0 bridgehead atoms. The summed E-state index contributed by atoms with van der Waals surface area (Å²) in [4.78, 5) is 23.5. The van der Waals surface area contributed by atoms with Gasteiger partial charge in [-0.3, -0.25) is 10.6 Å². The first-order chi connectivity index (χ1) is 10.1. The van der Waals surface area contributed by atoms with Crippen LogP contribution in [-0.2, 0) is 0 Å². The number of aromatic nitrogens is 2. The smallest absolute Gasteiger partial charge is 0.275 e. The maximum Gasteiger partial charge on any atom is 0.275 e. The molecule has 1 aromatic heterocycles. The molecule has 1 amide bonds. The van der Waals surface area contributed by atoms with E-state index in [2.05, 4.69) is 22.3 Å². The van der Waals surface area contributed by atoms with Crippen LogP contribution in [0, 0.1) is 0 Å². The van der Waals surface area contributed by atoms with Gasteiger partial charge in [-0.2, -0.15) is 0 Å². The molecule has 1 aliphatic carbocycles. The van der Waals surface area contributed by atoms with Crippen molar-refractivity contribution >= 4 is 11.6 Å². The van der Waals surface area contributed by atoms with Crippen molar-refractivity contribution < 1.29 is 4.79 Å². The van der Waals surface area contributed by atoms with Crippen LogP contribution in [0.15, 0.2) is 6.20 Å². The minimum Gasteiger partial charge on any atom is -0.334 e. The Bertz CT molecular complexity index is 499. The zero-order valence-electron chi connectivity index (χ0n) is 13.1. The summed E-state index contributed by atoms with van der Waals surface area (Å²) >= 11 is 0. The van der Waals surface area contributed by atoms with E-state index in [1.54, 1.807) is 6.20 Å². The third kappa shape index (κ3) is 3.69. The molecular formula is C15H25N5O. The number of hydrogen-bond acceptors (Lipinski definition) is 5. The number of nitrogens with one attached hydrogen (secondary N) is 1. The standard InChI is InChI=1S/C15H25N5O/c1-4-5-8-20(11-6-7-11)15(21)13-12(19-16)9-17-14(18-13)10(2)3/h9-11,19H,4-8,16H2,1-3H3. The predicted octanol–water partition coefficient (Wildman–Crippen LogP) is 2.29. The fourth-order valence-corrected chi connectivity index (χ4v) is 2.24. The van der Waals surface area contributed by atoms with Gasteiger partial charge < -0.3 is 10.3 Å². The Morgan fingerprint density at radius 3 is 2.76 bits per heavy atom. The first-order valence-corrected chi connectivity index (χ1v) is 7.73. The number of nitrogens with zero attached hydrogens (tertiary/aromatic N) is 3. The number of amides is 1. The summed E-state index contributed by atoms with van der Waals surface area (Å²) in [5, 5.41) is 0. The summed E-state index contributed by atoms with van der Waals surface area (Å²) in [7, 11) is 0. The molecule has 0 radical (unpaired) electrons. The molecule has 0 aromatic carbocycles. The molecule has 0 unspecified atom stereocenters. The third-order valence-corrected chi connectivity index (χ3v) is 3.68. The molecule has 0 saturated heterocycles. The first kappa shape index (κ1) is 15.7. The van der Waals surface area contributed by atoms with Gasteiger partial charge in [-0.1, -0.05) is 27.2 Å². The Hall–Kier alpha value is -1.69. The lowest BCUT2D eigenvalue weighted by molar-refractivity contribution is 0.0735. The number of rotatable bonds is 7. The molecule has 2 rings (SSSR count). The maximum atomic E-state index is 12.8. The Morgan fingerprint density at radius 1 is 1.52 bits per heavy atom. The van der Waals surface area contributed by atoms with E-state index in [9.17, 15) is 4.79 Å². The van der Waals surface area contributed by atoms with Crippen LogP contribution < -0.4 is 11.3 Å². The van der Waals surface area contributed by atoms with Crippen LogP contribution in [0.2, 0.25) is 0 Å². The molecule has 1 aromatic rings. The molecule has 1 aliphatic rings. The first-order valence-electron chi connectivity index (χ1n) is 7.73. The molecule has 116 valence electrons.